The Morgan fingerprint density at radius 2 is 1.60 bits per heavy atom. The van der Waals surface area contributed by atoms with E-state index in [1.54, 1.807) is 50.8 Å². The number of hydrogen-bond acceptors (Lipinski definition) is 5. The number of nitrogens with zero attached hydrogens (tertiary/aromatic N) is 1. The fourth-order valence-corrected chi connectivity index (χ4v) is 4.78. The van der Waals surface area contributed by atoms with E-state index in [2.05, 4.69) is 24.5 Å². The van der Waals surface area contributed by atoms with Gasteiger partial charge in [0, 0.05) is 19.5 Å². The first-order valence-electron chi connectivity index (χ1n) is 15.4. The first kappa shape index (κ1) is 34.7. The summed E-state index contributed by atoms with van der Waals surface area (Å²) >= 11 is 0. The van der Waals surface area contributed by atoms with Crippen LogP contribution in [0.4, 0.5) is 4.79 Å². The predicted molar refractivity (Wildman–Crippen MR) is 167 cm³/mol. The Hall–Kier alpha value is -3.55. The molecule has 3 N–H and O–H groups in total. The zero-order chi connectivity index (χ0) is 31.1. The Labute approximate surface area is 252 Å². The monoisotopic (exact) mass is 581 g/mol. The highest BCUT2D eigenvalue weighted by molar-refractivity contribution is 5.92. The van der Waals surface area contributed by atoms with Gasteiger partial charge >= 0.3 is 6.09 Å². The smallest absolute Gasteiger partial charge is 0.408 e. The molecule has 0 aliphatic carbocycles. The van der Waals surface area contributed by atoms with E-state index in [9.17, 15) is 19.5 Å². The number of alkyl carbamates (subject to hydrolysis) is 1. The SMILES string of the molecule is CCCCCCN(C(=O)C(Cc1ccccc1)NC(=O)OC(C)(C)C)C(C(=O)NCCCCC)c1ccc(O)c(C)c1. The van der Waals surface area contributed by atoms with Crippen molar-refractivity contribution >= 4 is 17.9 Å². The number of phenolic OH excluding ortho intramolecular Hbond substituents is 1. The van der Waals surface area contributed by atoms with Gasteiger partial charge in [0.05, 0.1) is 0 Å². The highest BCUT2D eigenvalue weighted by atomic mass is 16.6. The minimum Gasteiger partial charge on any atom is -0.508 e. The molecule has 0 aromatic heterocycles. The third-order valence-corrected chi connectivity index (χ3v) is 6.98. The van der Waals surface area contributed by atoms with Crippen LogP contribution in [-0.4, -0.2) is 52.6 Å². The summed E-state index contributed by atoms with van der Waals surface area (Å²) < 4.78 is 5.52. The van der Waals surface area contributed by atoms with Gasteiger partial charge in [0.15, 0.2) is 0 Å². The number of rotatable bonds is 16. The average molecular weight is 582 g/mol. The molecule has 42 heavy (non-hydrogen) atoms. The number of nitrogens with one attached hydrogen (secondary N) is 2. The molecule has 2 unspecified atom stereocenters. The lowest BCUT2D eigenvalue weighted by atomic mass is 9.98. The maximum atomic E-state index is 14.5. The summed E-state index contributed by atoms with van der Waals surface area (Å²) in [7, 11) is 0. The quantitative estimate of drug-likeness (QED) is 0.194. The predicted octanol–water partition coefficient (Wildman–Crippen LogP) is 6.59. The second kappa shape index (κ2) is 17.4. The third kappa shape index (κ3) is 11.7. The second-order valence-electron chi connectivity index (χ2n) is 11.9. The Morgan fingerprint density at radius 3 is 2.21 bits per heavy atom. The maximum Gasteiger partial charge on any atom is 0.408 e. The van der Waals surface area contributed by atoms with Crippen LogP contribution in [-0.2, 0) is 20.7 Å². The van der Waals surface area contributed by atoms with Gasteiger partial charge in [-0.15, -0.1) is 0 Å². The fraction of sp³-hybridized carbons (Fsp3) is 0.559. The molecule has 0 spiro atoms. The summed E-state index contributed by atoms with van der Waals surface area (Å²) in [6, 6.07) is 12.6. The van der Waals surface area contributed by atoms with Crippen LogP contribution < -0.4 is 10.6 Å². The minimum absolute atomic E-state index is 0.121. The van der Waals surface area contributed by atoms with Gasteiger partial charge in [-0.25, -0.2) is 4.79 Å². The van der Waals surface area contributed by atoms with Crippen LogP contribution in [0.5, 0.6) is 5.75 Å². The molecule has 2 aromatic rings. The lowest BCUT2D eigenvalue weighted by Gasteiger charge is -2.35. The molecule has 0 aliphatic heterocycles. The fourth-order valence-electron chi connectivity index (χ4n) is 4.78. The van der Waals surface area contributed by atoms with Crippen molar-refractivity contribution in [2.45, 2.75) is 111 Å². The number of ether oxygens (including phenoxy) is 1. The van der Waals surface area contributed by atoms with Crippen molar-refractivity contribution in [2.75, 3.05) is 13.1 Å². The maximum absolute atomic E-state index is 14.5. The molecule has 0 radical (unpaired) electrons. The van der Waals surface area contributed by atoms with Crippen molar-refractivity contribution < 1.29 is 24.2 Å². The van der Waals surface area contributed by atoms with E-state index in [-0.39, 0.29) is 24.0 Å². The highest BCUT2D eigenvalue weighted by Crippen LogP contribution is 2.28. The number of phenols is 1. The Bertz CT molecular complexity index is 1130. The van der Waals surface area contributed by atoms with Crippen LogP contribution in [0.1, 0.15) is 102 Å². The molecule has 3 amide bonds. The minimum atomic E-state index is -0.956. The Balaban J connectivity index is 2.54. The zero-order valence-electron chi connectivity index (χ0n) is 26.4. The highest BCUT2D eigenvalue weighted by Gasteiger charge is 2.36. The van der Waals surface area contributed by atoms with Gasteiger partial charge in [-0.3, -0.25) is 9.59 Å². The molecule has 0 fully saturated rings. The number of aryl methyl sites for hydroxylation is 1. The summed E-state index contributed by atoms with van der Waals surface area (Å²) in [6.45, 7) is 12.1. The van der Waals surface area contributed by atoms with Crippen LogP contribution in [0.15, 0.2) is 48.5 Å². The van der Waals surface area contributed by atoms with Gasteiger partial charge in [-0.1, -0.05) is 82.3 Å². The van der Waals surface area contributed by atoms with Gasteiger partial charge in [0.25, 0.3) is 0 Å². The van der Waals surface area contributed by atoms with Crippen molar-refractivity contribution in [1.82, 2.24) is 15.5 Å². The van der Waals surface area contributed by atoms with Gasteiger partial charge in [0.1, 0.15) is 23.4 Å². The zero-order valence-corrected chi connectivity index (χ0v) is 26.4. The molecule has 2 rings (SSSR count). The van der Waals surface area contributed by atoms with Crippen LogP contribution in [0.25, 0.3) is 0 Å². The van der Waals surface area contributed by atoms with E-state index >= 15 is 0 Å². The van der Waals surface area contributed by atoms with Crippen molar-refractivity contribution in [2.24, 2.45) is 0 Å². The van der Waals surface area contributed by atoms with Crippen molar-refractivity contribution in [3.05, 3.63) is 65.2 Å². The standard InChI is InChI=1S/C34H51N3O5/c1-7-9-11-16-22-37(30(31(39)35-21-15-10-8-2)27-19-20-29(38)25(3)23-27)32(40)28(24-26-17-13-12-14-18-26)36-33(41)42-34(4,5)6/h12-14,17-20,23,28,30,38H,7-11,15-16,21-22,24H2,1-6H3,(H,35,39)(H,36,41). The van der Waals surface area contributed by atoms with Gasteiger partial charge < -0.3 is 25.4 Å². The number of benzene rings is 2. The van der Waals surface area contributed by atoms with E-state index in [1.807, 2.05) is 30.3 Å². The molecule has 232 valence electrons. The number of hydrogen-bond donors (Lipinski definition) is 3. The number of aromatic hydroxyl groups is 1. The second-order valence-corrected chi connectivity index (χ2v) is 11.9. The molecule has 2 aromatic carbocycles. The summed E-state index contributed by atoms with van der Waals surface area (Å²) in [5.41, 5.74) is 1.36. The van der Waals surface area contributed by atoms with Crippen LogP contribution in [0.3, 0.4) is 0 Å². The molecule has 0 heterocycles. The Morgan fingerprint density at radius 1 is 0.929 bits per heavy atom. The lowest BCUT2D eigenvalue weighted by Crippen LogP contribution is -2.54. The average Bonchev–Trinajstić information content (AvgIpc) is 2.93. The van der Waals surface area contributed by atoms with Crippen molar-refractivity contribution in [1.29, 1.82) is 0 Å². The van der Waals surface area contributed by atoms with Crippen LogP contribution >= 0.6 is 0 Å². The van der Waals surface area contributed by atoms with Crippen molar-refractivity contribution in [3.63, 3.8) is 0 Å². The molecular weight excluding hydrogens is 530 g/mol. The molecule has 8 nitrogen and oxygen atoms in total. The largest absolute Gasteiger partial charge is 0.508 e. The van der Waals surface area contributed by atoms with E-state index in [0.29, 0.717) is 30.6 Å². The van der Waals surface area contributed by atoms with Crippen LogP contribution in [0.2, 0.25) is 0 Å². The number of unbranched alkanes of at least 4 members (excludes halogenated alkanes) is 5. The summed E-state index contributed by atoms with van der Waals surface area (Å²) in [6.07, 6.45) is 6.06. The third-order valence-electron chi connectivity index (χ3n) is 6.98. The first-order valence-corrected chi connectivity index (χ1v) is 15.4. The molecule has 0 saturated carbocycles. The summed E-state index contributed by atoms with van der Waals surface area (Å²) in [5.74, 6) is -0.522. The van der Waals surface area contributed by atoms with Gasteiger partial charge in [0.2, 0.25) is 11.8 Å². The molecule has 0 bridgehead atoms. The van der Waals surface area contributed by atoms with Crippen LogP contribution in [0, 0.1) is 6.92 Å². The molecule has 0 saturated heterocycles. The van der Waals surface area contributed by atoms with E-state index in [0.717, 1.165) is 44.1 Å². The van der Waals surface area contributed by atoms with Crippen molar-refractivity contribution in [3.8, 4) is 5.75 Å². The summed E-state index contributed by atoms with van der Waals surface area (Å²) in [5, 5.41) is 16.1. The van der Waals surface area contributed by atoms with E-state index in [1.165, 1.54) is 0 Å². The molecule has 2 atom stereocenters. The number of carbonyl (C=O) groups excluding carboxylic acids is 3. The normalized spacial score (nSPS) is 12.7. The summed E-state index contributed by atoms with van der Waals surface area (Å²) in [4.78, 5) is 42.9. The topological polar surface area (TPSA) is 108 Å². The number of amides is 3. The Kier molecular flexibility index (Phi) is 14.4. The molecule has 8 heteroatoms. The molecular formula is C34H51N3O5. The van der Waals surface area contributed by atoms with E-state index in [4.69, 9.17) is 4.74 Å². The lowest BCUT2D eigenvalue weighted by molar-refractivity contribution is -0.142. The van der Waals surface area contributed by atoms with Gasteiger partial charge in [-0.2, -0.15) is 0 Å². The van der Waals surface area contributed by atoms with Gasteiger partial charge in [-0.05, 0) is 69.4 Å². The first-order chi connectivity index (χ1) is 20.0. The number of carbonyl (C=O) groups is 3. The van der Waals surface area contributed by atoms with E-state index < -0.39 is 23.8 Å². The molecule has 0 aliphatic rings.